The van der Waals surface area contributed by atoms with Crippen LogP contribution < -0.4 is 0 Å². The molecule has 0 aromatic carbocycles. The van der Waals surface area contributed by atoms with E-state index in [1.165, 1.54) is 7.11 Å². The summed E-state index contributed by atoms with van der Waals surface area (Å²) in [7, 11) is -1.20. The Labute approximate surface area is 151 Å². The minimum Gasteiger partial charge on any atom is -0.391 e. The molecule has 3 rings (SSSR count). The van der Waals surface area contributed by atoms with E-state index in [1.807, 2.05) is 0 Å². The summed E-state index contributed by atoms with van der Waals surface area (Å²) in [6.07, 6.45) is -3.14. The molecule has 0 amide bonds. The molecule has 0 aromatic rings. The molecule has 0 aromatic heterocycles. The average molecular weight is 377 g/mol. The maximum atomic E-state index is 11.0. The Hall–Kier alpha value is -0.0631. The number of rotatable bonds is 1. The van der Waals surface area contributed by atoms with Gasteiger partial charge in [0, 0.05) is 24.1 Å². The summed E-state index contributed by atoms with van der Waals surface area (Å²) >= 11 is 0. The average Bonchev–Trinajstić information content (AvgIpc) is 2.82. The molecule has 3 saturated heterocycles. The summed E-state index contributed by atoms with van der Waals surface area (Å²) in [4.78, 5) is 0. The van der Waals surface area contributed by atoms with Crippen LogP contribution in [0.25, 0.3) is 0 Å². The van der Waals surface area contributed by atoms with Crippen molar-refractivity contribution in [2.45, 2.75) is 95.2 Å². The third kappa shape index (κ3) is 3.00. The van der Waals surface area contributed by atoms with E-state index in [4.69, 9.17) is 27.8 Å². The molecule has 146 valence electrons. The van der Waals surface area contributed by atoms with Gasteiger partial charge in [-0.2, -0.15) is 0 Å². The first-order valence-corrected chi connectivity index (χ1v) is 10.7. The van der Waals surface area contributed by atoms with E-state index < -0.39 is 45.2 Å². The second kappa shape index (κ2) is 5.97. The molecule has 8 heteroatoms. The zero-order chi connectivity index (χ0) is 18.8. The molecular formula is C17H32O7Si. The minimum absolute atomic E-state index is 0.166. The maximum absolute atomic E-state index is 11.0. The number of ether oxygens (including phenoxy) is 4. The monoisotopic (exact) mass is 376 g/mol. The van der Waals surface area contributed by atoms with E-state index in [1.54, 1.807) is 6.92 Å². The molecule has 0 bridgehead atoms. The smallest absolute Gasteiger partial charge is 0.349 e. The topological polar surface area (TPSA) is 75.6 Å². The van der Waals surface area contributed by atoms with Crippen LogP contribution in [0.4, 0.5) is 0 Å². The van der Waals surface area contributed by atoms with Gasteiger partial charge in [0.25, 0.3) is 5.97 Å². The van der Waals surface area contributed by atoms with E-state index in [9.17, 15) is 5.11 Å². The van der Waals surface area contributed by atoms with Crippen LogP contribution >= 0.6 is 0 Å². The fourth-order valence-electron chi connectivity index (χ4n) is 4.31. The lowest BCUT2D eigenvalue weighted by Crippen LogP contribution is -2.70. The molecule has 2 unspecified atom stereocenters. The van der Waals surface area contributed by atoms with Crippen LogP contribution in [-0.2, 0) is 27.8 Å². The number of hydrogen-bond donors (Lipinski definition) is 1. The van der Waals surface area contributed by atoms with E-state index >= 15 is 0 Å². The molecular weight excluding hydrogens is 344 g/mol. The van der Waals surface area contributed by atoms with E-state index in [2.05, 4.69) is 41.5 Å². The lowest BCUT2D eigenvalue weighted by atomic mass is 9.99. The van der Waals surface area contributed by atoms with Crippen molar-refractivity contribution < 1.29 is 32.9 Å². The third-order valence-corrected chi connectivity index (χ3v) is 10.5. The van der Waals surface area contributed by atoms with Gasteiger partial charge in [-0.15, -0.1) is 0 Å². The molecule has 0 spiro atoms. The summed E-state index contributed by atoms with van der Waals surface area (Å²) in [5.74, 6) is -1.23. The quantitative estimate of drug-likeness (QED) is 0.704. The standard InChI is InChI=1S/C17H32O7Si/c1-15(2,3)25(16(4,5)6)20-9-10-12(24-25)11(18)13-14(21-10)23-17(7,19-8)22-13/h10-14,18H,9H2,1-8H3/t10?,11-,12+,13?,14-,17+/m0/s1. The molecule has 3 aliphatic rings. The predicted octanol–water partition coefficient (Wildman–Crippen LogP) is 2.27. The molecule has 0 aliphatic carbocycles. The molecule has 1 N–H and O–H groups in total. The first-order chi connectivity index (χ1) is 11.3. The summed E-state index contributed by atoms with van der Waals surface area (Å²) < 4.78 is 35.7. The molecule has 3 heterocycles. The normalized spacial score (nSPS) is 44.3. The van der Waals surface area contributed by atoms with Gasteiger partial charge >= 0.3 is 8.56 Å². The lowest BCUT2D eigenvalue weighted by molar-refractivity contribution is -0.334. The van der Waals surface area contributed by atoms with Gasteiger partial charge in [0.2, 0.25) is 0 Å². The first kappa shape index (κ1) is 19.7. The predicted molar refractivity (Wildman–Crippen MR) is 92.0 cm³/mol. The second-order valence-electron chi connectivity index (χ2n) is 9.31. The van der Waals surface area contributed by atoms with Gasteiger partial charge in [0.15, 0.2) is 6.29 Å². The van der Waals surface area contributed by atoms with Crippen molar-refractivity contribution in [2.75, 3.05) is 13.7 Å². The Morgan fingerprint density at radius 3 is 2.16 bits per heavy atom. The number of aliphatic hydroxyl groups is 1. The molecule has 6 atom stereocenters. The van der Waals surface area contributed by atoms with Gasteiger partial charge in [0.05, 0.1) is 6.61 Å². The van der Waals surface area contributed by atoms with Crippen LogP contribution in [0.1, 0.15) is 48.5 Å². The van der Waals surface area contributed by atoms with E-state index in [0.29, 0.717) is 6.61 Å². The number of aliphatic hydroxyl groups excluding tert-OH is 1. The Balaban J connectivity index is 1.88. The van der Waals surface area contributed by atoms with Crippen molar-refractivity contribution in [1.29, 1.82) is 0 Å². The summed E-state index contributed by atoms with van der Waals surface area (Å²) in [6, 6.07) is 0. The molecule has 0 saturated carbocycles. The number of fused-ring (bicyclic) bond motifs is 2. The second-order valence-corrected chi connectivity index (χ2v) is 14.1. The Kier molecular flexibility index (Phi) is 4.70. The number of methoxy groups -OCH3 is 1. The van der Waals surface area contributed by atoms with Crippen LogP contribution in [0.3, 0.4) is 0 Å². The first-order valence-electron chi connectivity index (χ1n) is 8.90. The lowest BCUT2D eigenvalue weighted by Gasteiger charge is -2.56. The van der Waals surface area contributed by atoms with Crippen LogP contribution in [0.15, 0.2) is 0 Å². The van der Waals surface area contributed by atoms with Crippen LogP contribution in [-0.4, -0.2) is 64.1 Å². The number of hydrogen-bond acceptors (Lipinski definition) is 7. The molecule has 7 nitrogen and oxygen atoms in total. The Bertz CT molecular complexity index is 500. The van der Waals surface area contributed by atoms with Gasteiger partial charge in [-0.05, 0) is 0 Å². The van der Waals surface area contributed by atoms with Crippen LogP contribution in [0.5, 0.6) is 0 Å². The zero-order valence-corrected chi connectivity index (χ0v) is 17.5. The SMILES string of the molecule is CO[C@]1(C)OC2[C@@H](OC3CO[Si](C(C)(C)C)(C(C)(C)C)O[C@H]3[C@@H]2O)O1. The van der Waals surface area contributed by atoms with Crippen LogP contribution in [0.2, 0.25) is 10.1 Å². The molecule has 0 radical (unpaired) electrons. The largest absolute Gasteiger partial charge is 0.391 e. The maximum Gasteiger partial charge on any atom is 0.349 e. The Morgan fingerprint density at radius 2 is 1.64 bits per heavy atom. The highest BCUT2D eigenvalue weighted by Crippen LogP contribution is 2.55. The van der Waals surface area contributed by atoms with Gasteiger partial charge in [0.1, 0.15) is 24.4 Å². The van der Waals surface area contributed by atoms with E-state index in [-0.39, 0.29) is 10.1 Å². The van der Waals surface area contributed by atoms with Crippen molar-refractivity contribution in [3.05, 3.63) is 0 Å². The summed E-state index contributed by atoms with van der Waals surface area (Å²) in [5, 5.41) is 10.6. The zero-order valence-electron chi connectivity index (χ0n) is 16.5. The summed E-state index contributed by atoms with van der Waals surface area (Å²) in [6.45, 7) is 14.9. The van der Waals surface area contributed by atoms with Crippen molar-refractivity contribution in [1.82, 2.24) is 0 Å². The summed E-state index contributed by atoms with van der Waals surface area (Å²) in [5.41, 5.74) is 0. The van der Waals surface area contributed by atoms with E-state index in [0.717, 1.165) is 0 Å². The fourth-order valence-corrected chi connectivity index (χ4v) is 9.28. The van der Waals surface area contributed by atoms with Crippen LogP contribution in [0, 0.1) is 0 Å². The highest BCUT2D eigenvalue weighted by atomic mass is 28.4. The minimum atomic E-state index is -2.69. The van der Waals surface area contributed by atoms with Crippen molar-refractivity contribution >= 4 is 8.56 Å². The Morgan fingerprint density at radius 1 is 1.04 bits per heavy atom. The molecule has 25 heavy (non-hydrogen) atoms. The van der Waals surface area contributed by atoms with Crippen molar-refractivity contribution in [3.63, 3.8) is 0 Å². The van der Waals surface area contributed by atoms with Crippen molar-refractivity contribution in [2.24, 2.45) is 0 Å². The van der Waals surface area contributed by atoms with Crippen molar-refractivity contribution in [3.8, 4) is 0 Å². The van der Waals surface area contributed by atoms with Gasteiger partial charge in [-0.3, -0.25) is 4.74 Å². The highest BCUT2D eigenvalue weighted by Gasteiger charge is 2.66. The molecule has 3 fully saturated rings. The third-order valence-electron chi connectivity index (χ3n) is 5.40. The van der Waals surface area contributed by atoms with Gasteiger partial charge < -0.3 is 28.2 Å². The fraction of sp³-hybridized carbons (Fsp3) is 1.00. The van der Waals surface area contributed by atoms with Gasteiger partial charge in [-0.1, -0.05) is 41.5 Å². The van der Waals surface area contributed by atoms with Gasteiger partial charge in [-0.25, -0.2) is 0 Å². The molecule has 3 aliphatic heterocycles. The highest BCUT2D eigenvalue weighted by molar-refractivity contribution is 6.73.